The Bertz CT molecular complexity index is 1090. The van der Waals surface area contributed by atoms with E-state index in [0.717, 1.165) is 11.1 Å². The number of furan rings is 1. The molecule has 134 valence electrons. The zero-order chi connectivity index (χ0) is 19.0. The number of esters is 1. The molecule has 0 spiro atoms. The maximum absolute atomic E-state index is 12.2. The summed E-state index contributed by atoms with van der Waals surface area (Å²) < 4.78 is 11.2. The van der Waals surface area contributed by atoms with Gasteiger partial charge in [-0.2, -0.15) is 0 Å². The molecule has 0 fully saturated rings. The summed E-state index contributed by atoms with van der Waals surface area (Å²) >= 11 is 12.2. The first-order valence-electron chi connectivity index (χ1n) is 8.27. The Kier molecular flexibility index (Phi) is 4.65. The highest BCUT2D eigenvalue weighted by Gasteiger charge is 2.22. The molecule has 0 unspecified atom stereocenters. The van der Waals surface area contributed by atoms with Gasteiger partial charge >= 0.3 is 5.97 Å². The number of hydrogen-bond acceptors (Lipinski definition) is 3. The molecule has 5 heteroatoms. The quantitative estimate of drug-likeness (QED) is 0.372. The molecule has 0 amide bonds. The molecular weight excluding hydrogens is 383 g/mol. The zero-order valence-electron chi connectivity index (χ0n) is 14.3. The summed E-state index contributed by atoms with van der Waals surface area (Å²) in [5, 5.41) is 1.10. The average molecular weight is 397 g/mol. The standard InChI is InChI=1S/C22H14Cl2O3/c1-13-2-4-14(5-3-13)21-11-15(22(25)27-21)10-17-7-9-20(26-17)18-12-16(23)6-8-19(18)24/h2-12H,1H3/b15-10+. The van der Waals surface area contributed by atoms with Gasteiger partial charge in [0.05, 0.1) is 10.6 Å². The Morgan fingerprint density at radius 1 is 0.963 bits per heavy atom. The largest absolute Gasteiger partial charge is 0.457 e. The van der Waals surface area contributed by atoms with Crippen molar-refractivity contribution in [1.29, 1.82) is 0 Å². The van der Waals surface area contributed by atoms with Gasteiger partial charge in [-0.3, -0.25) is 0 Å². The van der Waals surface area contributed by atoms with Crippen LogP contribution in [0.2, 0.25) is 10.0 Å². The van der Waals surface area contributed by atoms with Crippen LogP contribution in [0.5, 0.6) is 0 Å². The van der Waals surface area contributed by atoms with Gasteiger partial charge in [0, 0.05) is 16.1 Å². The molecule has 1 aliphatic rings. The van der Waals surface area contributed by atoms with Crippen LogP contribution in [0.3, 0.4) is 0 Å². The monoisotopic (exact) mass is 396 g/mol. The topological polar surface area (TPSA) is 39.4 Å². The molecule has 3 aromatic rings. The number of carbonyl (C=O) groups is 1. The van der Waals surface area contributed by atoms with Crippen molar-refractivity contribution in [3.05, 3.63) is 93.2 Å². The maximum Gasteiger partial charge on any atom is 0.343 e. The second kappa shape index (κ2) is 7.10. The van der Waals surface area contributed by atoms with Crippen LogP contribution in [0, 0.1) is 6.92 Å². The number of benzene rings is 2. The van der Waals surface area contributed by atoms with E-state index in [4.69, 9.17) is 32.4 Å². The number of cyclic esters (lactones) is 1. The molecule has 0 atom stereocenters. The molecule has 2 heterocycles. The van der Waals surface area contributed by atoms with Gasteiger partial charge in [0.15, 0.2) is 0 Å². The molecule has 1 aromatic heterocycles. The minimum absolute atomic E-state index is 0.413. The van der Waals surface area contributed by atoms with E-state index >= 15 is 0 Å². The van der Waals surface area contributed by atoms with E-state index in [-0.39, 0.29) is 0 Å². The van der Waals surface area contributed by atoms with Gasteiger partial charge < -0.3 is 9.15 Å². The van der Waals surface area contributed by atoms with E-state index < -0.39 is 5.97 Å². The number of rotatable bonds is 3. The van der Waals surface area contributed by atoms with Crippen LogP contribution in [-0.4, -0.2) is 5.97 Å². The Morgan fingerprint density at radius 2 is 1.74 bits per heavy atom. The van der Waals surface area contributed by atoms with E-state index in [1.807, 2.05) is 31.2 Å². The Hall–Kier alpha value is -2.75. The lowest BCUT2D eigenvalue weighted by atomic mass is 10.1. The molecule has 0 saturated carbocycles. The minimum atomic E-state index is -0.413. The van der Waals surface area contributed by atoms with Crippen LogP contribution < -0.4 is 0 Å². The van der Waals surface area contributed by atoms with Crippen molar-refractivity contribution in [2.24, 2.45) is 0 Å². The third-order valence-electron chi connectivity index (χ3n) is 4.18. The summed E-state index contributed by atoms with van der Waals surface area (Å²) in [5.74, 6) is 1.21. The molecule has 0 aliphatic carbocycles. The first-order chi connectivity index (χ1) is 13.0. The Morgan fingerprint density at radius 3 is 2.52 bits per heavy atom. The van der Waals surface area contributed by atoms with E-state index in [9.17, 15) is 4.79 Å². The van der Waals surface area contributed by atoms with E-state index in [1.165, 1.54) is 0 Å². The van der Waals surface area contributed by atoms with Gasteiger partial charge in [0.25, 0.3) is 0 Å². The first-order valence-corrected chi connectivity index (χ1v) is 9.03. The summed E-state index contributed by atoms with van der Waals surface area (Å²) in [6.07, 6.45) is 3.35. The van der Waals surface area contributed by atoms with Gasteiger partial charge in [-0.15, -0.1) is 0 Å². The van der Waals surface area contributed by atoms with Crippen molar-refractivity contribution < 1.29 is 13.9 Å². The molecule has 0 radical (unpaired) electrons. The second-order valence-corrected chi connectivity index (χ2v) is 7.03. The average Bonchev–Trinajstić information content (AvgIpc) is 3.25. The van der Waals surface area contributed by atoms with Crippen molar-refractivity contribution in [2.45, 2.75) is 6.92 Å². The summed E-state index contributed by atoms with van der Waals surface area (Å²) in [4.78, 5) is 12.2. The predicted molar refractivity (Wildman–Crippen MR) is 107 cm³/mol. The lowest BCUT2D eigenvalue weighted by molar-refractivity contribution is -0.130. The highest BCUT2D eigenvalue weighted by molar-refractivity contribution is 6.35. The Balaban J connectivity index is 1.64. The number of aryl methyl sites for hydroxylation is 1. The fourth-order valence-electron chi connectivity index (χ4n) is 2.76. The highest BCUT2D eigenvalue weighted by Crippen LogP contribution is 2.33. The van der Waals surface area contributed by atoms with Gasteiger partial charge in [-0.1, -0.05) is 53.0 Å². The molecule has 4 rings (SSSR count). The maximum atomic E-state index is 12.2. The Labute approximate surface area is 166 Å². The molecule has 0 saturated heterocycles. The van der Waals surface area contributed by atoms with Gasteiger partial charge in [0.2, 0.25) is 0 Å². The molecule has 0 bridgehead atoms. The first kappa shape index (κ1) is 17.7. The van der Waals surface area contributed by atoms with Crippen LogP contribution in [0.1, 0.15) is 16.9 Å². The van der Waals surface area contributed by atoms with Crippen LogP contribution in [0.25, 0.3) is 23.2 Å². The molecular formula is C22H14Cl2O3. The lowest BCUT2D eigenvalue weighted by Gasteiger charge is -2.01. The molecule has 0 N–H and O–H groups in total. The van der Waals surface area contributed by atoms with Crippen molar-refractivity contribution in [1.82, 2.24) is 0 Å². The van der Waals surface area contributed by atoms with E-state index in [1.54, 1.807) is 42.5 Å². The van der Waals surface area contributed by atoms with Crippen molar-refractivity contribution in [3.63, 3.8) is 0 Å². The summed E-state index contributed by atoms with van der Waals surface area (Å²) in [6, 6.07) is 16.5. The number of ether oxygens (including phenoxy) is 1. The molecule has 27 heavy (non-hydrogen) atoms. The third kappa shape index (κ3) is 3.70. The molecule has 1 aliphatic heterocycles. The third-order valence-corrected chi connectivity index (χ3v) is 4.74. The van der Waals surface area contributed by atoms with Crippen molar-refractivity contribution in [2.75, 3.05) is 0 Å². The van der Waals surface area contributed by atoms with Gasteiger partial charge in [0.1, 0.15) is 17.3 Å². The second-order valence-electron chi connectivity index (χ2n) is 6.19. The van der Waals surface area contributed by atoms with Crippen molar-refractivity contribution >= 4 is 41.0 Å². The minimum Gasteiger partial charge on any atom is -0.457 e. The van der Waals surface area contributed by atoms with E-state index in [2.05, 4.69) is 0 Å². The summed E-state index contributed by atoms with van der Waals surface area (Å²) in [5.41, 5.74) is 3.10. The van der Waals surface area contributed by atoms with E-state index in [0.29, 0.717) is 38.5 Å². The molecule has 3 nitrogen and oxygen atoms in total. The molecule has 2 aromatic carbocycles. The highest BCUT2D eigenvalue weighted by atomic mass is 35.5. The van der Waals surface area contributed by atoms with Gasteiger partial charge in [-0.25, -0.2) is 4.79 Å². The van der Waals surface area contributed by atoms with Crippen molar-refractivity contribution in [3.8, 4) is 11.3 Å². The van der Waals surface area contributed by atoms with Gasteiger partial charge in [-0.05, 0) is 49.4 Å². The SMILES string of the molecule is Cc1ccc(C2=C/C(=C\c3ccc(-c4cc(Cl)ccc4Cl)o3)C(=O)O2)cc1. The number of carbonyl (C=O) groups excluding carboxylic acids is 1. The van der Waals surface area contributed by atoms with Crippen LogP contribution in [0.15, 0.2) is 70.7 Å². The number of hydrogen-bond donors (Lipinski definition) is 0. The fourth-order valence-corrected chi connectivity index (χ4v) is 3.15. The van der Waals surface area contributed by atoms with Crippen LogP contribution >= 0.6 is 23.2 Å². The number of halogens is 2. The van der Waals surface area contributed by atoms with Crippen LogP contribution in [0.4, 0.5) is 0 Å². The lowest BCUT2D eigenvalue weighted by Crippen LogP contribution is -1.96. The smallest absolute Gasteiger partial charge is 0.343 e. The normalized spacial score (nSPS) is 15.1. The van der Waals surface area contributed by atoms with Crippen LogP contribution in [-0.2, 0) is 9.53 Å². The predicted octanol–water partition coefficient (Wildman–Crippen LogP) is 6.54. The fraction of sp³-hybridized carbons (Fsp3) is 0.0455. The zero-order valence-corrected chi connectivity index (χ0v) is 15.8. The summed E-state index contributed by atoms with van der Waals surface area (Å²) in [6.45, 7) is 2.00. The summed E-state index contributed by atoms with van der Waals surface area (Å²) in [7, 11) is 0.